The quantitative estimate of drug-likeness (QED) is 0.128. The Morgan fingerprint density at radius 1 is 0.773 bits per heavy atom. The number of aromatic hydroxyl groups is 2. The van der Waals surface area contributed by atoms with Gasteiger partial charge in [0.2, 0.25) is 12.6 Å². The van der Waals surface area contributed by atoms with E-state index in [0.29, 0.717) is 0 Å². The number of phenols is 2. The van der Waals surface area contributed by atoms with Crippen molar-refractivity contribution in [2.24, 2.45) is 0 Å². The zero-order chi connectivity index (χ0) is 32.0. The fraction of sp³-hybridized carbons (Fsp3) is 0.407. The number of carbonyl (C=O) groups is 1. The van der Waals surface area contributed by atoms with Crippen LogP contribution >= 0.6 is 0 Å². The molecule has 0 aliphatic carbocycles. The number of ether oxygens (including phenoxy) is 4. The maximum absolute atomic E-state index is 12.9. The highest BCUT2D eigenvalue weighted by Gasteiger charge is 2.48. The summed E-state index contributed by atoms with van der Waals surface area (Å²) in [7, 11) is 0. The van der Waals surface area contributed by atoms with E-state index in [1.165, 1.54) is 6.07 Å². The van der Waals surface area contributed by atoms with Crippen molar-refractivity contribution in [2.75, 3.05) is 6.61 Å². The summed E-state index contributed by atoms with van der Waals surface area (Å²) in [4.78, 5) is 24.3. The second-order valence-electron chi connectivity index (χ2n) is 10.1. The van der Waals surface area contributed by atoms with E-state index in [-0.39, 0.29) is 28.0 Å². The van der Waals surface area contributed by atoms with Gasteiger partial charge in [0.05, 0.1) is 6.61 Å². The molecule has 1 aromatic heterocycles. The third-order valence-electron chi connectivity index (χ3n) is 7.18. The zero-order valence-corrected chi connectivity index (χ0v) is 22.3. The summed E-state index contributed by atoms with van der Waals surface area (Å²) in [5, 5.41) is 99.6. The Morgan fingerprint density at radius 2 is 1.43 bits per heavy atom. The van der Waals surface area contributed by atoms with Crippen molar-refractivity contribution in [1.29, 1.82) is 0 Å². The van der Waals surface area contributed by atoms with Crippen molar-refractivity contribution in [2.45, 2.75) is 61.4 Å². The highest BCUT2D eigenvalue weighted by atomic mass is 16.7. The smallest absolute Gasteiger partial charge is 0.335 e. The zero-order valence-electron chi connectivity index (χ0n) is 22.3. The van der Waals surface area contributed by atoms with Crippen LogP contribution < -0.4 is 14.9 Å². The molecule has 2 aromatic carbocycles. The van der Waals surface area contributed by atoms with Gasteiger partial charge in [-0.05, 0) is 18.2 Å². The third kappa shape index (κ3) is 5.75. The van der Waals surface area contributed by atoms with E-state index < -0.39 is 96.7 Å². The van der Waals surface area contributed by atoms with Crippen LogP contribution in [-0.4, -0.2) is 125 Å². The van der Waals surface area contributed by atoms with E-state index in [9.17, 15) is 60.7 Å². The molecule has 44 heavy (non-hydrogen) atoms. The van der Waals surface area contributed by atoms with Gasteiger partial charge in [0.15, 0.2) is 23.0 Å². The Balaban J connectivity index is 1.45. The first-order valence-electron chi connectivity index (χ1n) is 13.0. The number of benzene rings is 2. The van der Waals surface area contributed by atoms with Gasteiger partial charge in [0.1, 0.15) is 71.0 Å². The third-order valence-corrected chi connectivity index (χ3v) is 7.18. The molecule has 2 aliphatic rings. The largest absolute Gasteiger partial charge is 0.507 e. The SMILES string of the molecule is O=C(O)C1OC(Oc2cc(-c3cc(=O)c4c(O)cc(OC5OC(CO)C(O)C(O)C5O)cc4o3)ccc2O)C(O)C(O)C1O. The Hall–Kier alpha value is -4.04. The monoisotopic (exact) mass is 624 g/mol. The van der Waals surface area contributed by atoms with Crippen molar-refractivity contribution in [3.05, 3.63) is 46.6 Å². The molecule has 0 radical (unpaired) electrons. The maximum atomic E-state index is 12.9. The van der Waals surface area contributed by atoms with Crippen LogP contribution in [0.2, 0.25) is 0 Å². The van der Waals surface area contributed by atoms with Gasteiger partial charge in [-0.15, -0.1) is 0 Å². The van der Waals surface area contributed by atoms with Crippen molar-refractivity contribution >= 4 is 16.9 Å². The maximum Gasteiger partial charge on any atom is 0.335 e. The molecule has 17 heteroatoms. The number of fused-ring (bicyclic) bond motifs is 1. The fourth-order valence-corrected chi connectivity index (χ4v) is 4.79. The lowest BCUT2D eigenvalue weighted by atomic mass is 9.99. The van der Waals surface area contributed by atoms with E-state index in [1.54, 1.807) is 0 Å². The van der Waals surface area contributed by atoms with Gasteiger partial charge in [0.25, 0.3) is 0 Å². The molecule has 5 rings (SSSR count). The summed E-state index contributed by atoms with van der Waals surface area (Å²) in [6.07, 6.45) is -17.7. The minimum Gasteiger partial charge on any atom is -0.507 e. The number of hydrogen-bond donors (Lipinski definition) is 10. The number of aliphatic hydroxyl groups excluding tert-OH is 7. The van der Waals surface area contributed by atoms with Crippen LogP contribution in [0.5, 0.6) is 23.0 Å². The van der Waals surface area contributed by atoms with E-state index in [0.717, 1.165) is 30.3 Å². The molecule has 2 saturated heterocycles. The van der Waals surface area contributed by atoms with Crippen LogP contribution in [0.25, 0.3) is 22.3 Å². The molecule has 0 saturated carbocycles. The molecule has 0 amide bonds. The summed E-state index contributed by atoms with van der Waals surface area (Å²) < 4.78 is 27.1. The Kier molecular flexibility index (Phi) is 8.67. The van der Waals surface area contributed by atoms with Crippen LogP contribution in [0.1, 0.15) is 0 Å². The predicted octanol–water partition coefficient (Wildman–Crippen LogP) is -2.68. The van der Waals surface area contributed by atoms with Gasteiger partial charge in [-0.3, -0.25) is 4.79 Å². The highest BCUT2D eigenvalue weighted by molar-refractivity contribution is 5.86. The Morgan fingerprint density at radius 3 is 2.09 bits per heavy atom. The first-order chi connectivity index (χ1) is 20.8. The molecule has 10 atom stereocenters. The average Bonchev–Trinajstić information content (AvgIpc) is 2.98. The van der Waals surface area contributed by atoms with E-state index in [2.05, 4.69) is 0 Å². The highest BCUT2D eigenvalue weighted by Crippen LogP contribution is 2.37. The minimum absolute atomic E-state index is 0.0946. The second-order valence-corrected chi connectivity index (χ2v) is 10.1. The van der Waals surface area contributed by atoms with Crippen molar-refractivity contribution in [1.82, 2.24) is 0 Å². The molecule has 3 heterocycles. The number of aliphatic hydroxyl groups is 7. The number of carboxylic acid groups (broad SMARTS) is 1. The summed E-state index contributed by atoms with van der Waals surface area (Å²) in [6.45, 7) is -0.709. The van der Waals surface area contributed by atoms with Crippen LogP contribution in [0.15, 0.2) is 45.6 Å². The lowest BCUT2D eigenvalue weighted by molar-refractivity contribution is -0.277. The van der Waals surface area contributed by atoms with Gasteiger partial charge in [-0.1, -0.05) is 0 Å². The molecule has 3 aromatic rings. The molecule has 2 fully saturated rings. The minimum atomic E-state index is -1.97. The molecule has 10 unspecified atom stereocenters. The van der Waals surface area contributed by atoms with Crippen LogP contribution in [0.3, 0.4) is 0 Å². The molecular weight excluding hydrogens is 596 g/mol. The van der Waals surface area contributed by atoms with Crippen molar-refractivity contribution < 1.29 is 79.2 Å². The van der Waals surface area contributed by atoms with Gasteiger partial charge < -0.3 is 74.4 Å². The lowest BCUT2D eigenvalue weighted by Crippen LogP contribution is -2.61. The van der Waals surface area contributed by atoms with Crippen molar-refractivity contribution in [3.63, 3.8) is 0 Å². The number of rotatable bonds is 7. The summed E-state index contributed by atoms with van der Waals surface area (Å²) in [5.74, 6) is -3.50. The molecule has 10 N–H and O–H groups in total. The predicted molar refractivity (Wildman–Crippen MR) is 141 cm³/mol. The van der Waals surface area contributed by atoms with Gasteiger partial charge in [-0.25, -0.2) is 4.79 Å². The van der Waals surface area contributed by atoms with Crippen LogP contribution in [-0.2, 0) is 14.3 Å². The summed E-state index contributed by atoms with van der Waals surface area (Å²) in [6, 6.07) is 6.72. The first kappa shape index (κ1) is 31.4. The lowest BCUT2D eigenvalue weighted by Gasteiger charge is -2.39. The Bertz CT molecular complexity index is 1590. The van der Waals surface area contributed by atoms with E-state index in [1.807, 2.05) is 0 Å². The second kappa shape index (κ2) is 12.2. The molecule has 238 valence electrons. The molecule has 0 bridgehead atoms. The normalized spacial score (nSPS) is 32.3. The summed E-state index contributed by atoms with van der Waals surface area (Å²) in [5.41, 5.74) is -0.853. The number of aliphatic carboxylic acids is 1. The van der Waals surface area contributed by atoms with Crippen LogP contribution in [0, 0.1) is 0 Å². The molecule has 0 spiro atoms. The van der Waals surface area contributed by atoms with Crippen molar-refractivity contribution in [3.8, 4) is 34.3 Å². The number of carboxylic acids is 1. The van der Waals surface area contributed by atoms with E-state index in [4.69, 9.17) is 23.4 Å². The number of phenolic OH excluding ortho intramolecular Hbond substituents is 2. The standard InChI is InChI=1S/C27H28O17/c28-7-16-18(32)19(33)22(36)26(43-16)40-9-4-11(30)17-12(31)6-13(41-15(17)5-9)8-1-2-10(29)14(3-8)42-27-23(37)20(34)21(35)24(44-27)25(38)39/h1-6,16,18-24,26-30,32-37H,7H2,(H,38,39). The molecular formula is C27H28O17. The van der Waals surface area contributed by atoms with E-state index >= 15 is 0 Å². The van der Waals surface area contributed by atoms with Gasteiger partial charge in [-0.2, -0.15) is 0 Å². The average molecular weight is 625 g/mol. The number of hydrogen-bond acceptors (Lipinski definition) is 16. The first-order valence-corrected chi connectivity index (χ1v) is 13.0. The van der Waals surface area contributed by atoms with Gasteiger partial charge in [0, 0.05) is 23.8 Å². The fourth-order valence-electron chi connectivity index (χ4n) is 4.79. The summed E-state index contributed by atoms with van der Waals surface area (Å²) >= 11 is 0. The van der Waals surface area contributed by atoms with Crippen LogP contribution in [0.4, 0.5) is 0 Å². The van der Waals surface area contributed by atoms with Gasteiger partial charge >= 0.3 is 5.97 Å². The molecule has 17 nitrogen and oxygen atoms in total. The molecule has 2 aliphatic heterocycles. The Labute approximate surface area is 245 Å². The topological polar surface area (TPSA) is 286 Å².